The van der Waals surface area contributed by atoms with E-state index in [9.17, 15) is 18.0 Å². The molecular weight excluding hydrogens is 457 g/mol. The number of amides is 1. The first-order valence-electron chi connectivity index (χ1n) is 10.0. The number of anilines is 1. The number of alkyl halides is 3. The maximum absolute atomic E-state index is 12.8. The Labute approximate surface area is 193 Å². The number of hydrogen-bond donors (Lipinski definition) is 1. The second kappa shape index (κ2) is 10.6. The highest BCUT2D eigenvalue weighted by Crippen LogP contribution is 2.31. The minimum Gasteiger partial charge on any atom is -0.497 e. The van der Waals surface area contributed by atoms with Gasteiger partial charge in [0.05, 0.1) is 18.4 Å². The molecule has 33 heavy (non-hydrogen) atoms. The fourth-order valence-electron chi connectivity index (χ4n) is 3.04. The average Bonchev–Trinajstić information content (AvgIpc) is 3.20. The normalized spacial score (nSPS) is 12.3. The highest BCUT2D eigenvalue weighted by Gasteiger charge is 2.30. The monoisotopic (exact) mass is 480 g/mol. The molecule has 3 rings (SSSR count). The van der Waals surface area contributed by atoms with E-state index in [2.05, 4.69) is 15.5 Å². The Morgan fingerprint density at radius 3 is 2.58 bits per heavy atom. The number of aromatic nitrogens is 3. The van der Waals surface area contributed by atoms with Crippen molar-refractivity contribution in [3.05, 3.63) is 59.9 Å². The number of nitrogens with zero attached hydrogens (tertiary/aromatic N) is 3. The van der Waals surface area contributed by atoms with Crippen molar-refractivity contribution < 1.29 is 27.4 Å². The van der Waals surface area contributed by atoms with Crippen LogP contribution in [0.2, 0.25) is 0 Å². The topological polar surface area (TPSA) is 78.3 Å². The molecule has 1 amide bonds. The lowest BCUT2D eigenvalue weighted by molar-refractivity contribution is -0.137. The second-order valence-corrected chi connectivity index (χ2v) is 7.88. The van der Waals surface area contributed by atoms with Gasteiger partial charge in [-0.3, -0.25) is 4.79 Å². The molecular formula is C22H23F3N4O3S. The number of carbonyl (C=O) groups is 1. The third-order valence-corrected chi connectivity index (χ3v) is 5.55. The summed E-state index contributed by atoms with van der Waals surface area (Å²) in [6.45, 7) is 4.30. The first kappa shape index (κ1) is 24.4. The van der Waals surface area contributed by atoms with Crippen molar-refractivity contribution in [2.75, 3.05) is 18.2 Å². The molecule has 0 saturated carbocycles. The van der Waals surface area contributed by atoms with Crippen LogP contribution in [0.15, 0.2) is 53.7 Å². The van der Waals surface area contributed by atoms with E-state index in [0.717, 1.165) is 23.9 Å². The molecule has 1 aromatic heterocycles. The first-order valence-corrected chi connectivity index (χ1v) is 11.0. The highest BCUT2D eigenvalue weighted by molar-refractivity contribution is 7.99. The molecule has 0 bridgehead atoms. The summed E-state index contributed by atoms with van der Waals surface area (Å²) in [5, 5.41) is 11.3. The maximum Gasteiger partial charge on any atom is 0.416 e. The second-order valence-electron chi connectivity index (χ2n) is 6.94. The van der Waals surface area contributed by atoms with Crippen LogP contribution in [0.3, 0.4) is 0 Å². The van der Waals surface area contributed by atoms with Crippen molar-refractivity contribution >= 4 is 23.4 Å². The lowest BCUT2D eigenvalue weighted by Gasteiger charge is -2.16. The van der Waals surface area contributed by atoms with Crippen LogP contribution in [0, 0.1) is 0 Å². The minimum atomic E-state index is -4.48. The van der Waals surface area contributed by atoms with Crippen LogP contribution in [0.5, 0.6) is 11.5 Å². The molecule has 1 unspecified atom stereocenters. The molecule has 7 nitrogen and oxygen atoms in total. The van der Waals surface area contributed by atoms with Crippen LogP contribution in [0.1, 0.15) is 31.3 Å². The number of methoxy groups -OCH3 is 1. The molecule has 0 aliphatic carbocycles. The Morgan fingerprint density at radius 2 is 1.88 bits per heavy atom. The van der Waals surface area contributed by atoms with Gasteiger partial charge in [0.2, 0.25) is 5.91 Å². The summed E-state index contributed by atoms with van der Waals surface area (Å²) < 4.78 is 51.5. The van der Waals surface area contributed by atoms with E-state index in [1.165, 1.54) is 12.1 Å². The molecule has 0 spiro atoms. The number of carbonyl (C=O) groups excluding carboxylic acids is 1. The van der Waals surface area contributed by atoms with Crippen molar-refractivity contribution in [3.8, 4) is 11.5 Å². The summed E-state index contributed by atoms with van der Waals surface area (Å²) >= 11 is 1.14. The average molecular weight is 481 g/mol. The van der Waals surface area contributed by atoms with E-state index in [0.29, 0.717) is 29.0 Å². The maximum atomic E-state index is 12.8. The molecule has 1 atom stereocenters. The van der Waals surface area contributed by atoms with Gasteiger partial charge in [0, 0.05) is 18.3 Å². The van der Waals surface area contributed by atoms with Gasteiger partial charge < -0.3 is 19.4 Å². The zero-order valence-corrected chi connectivity index (χ0v) is 19.0. The van der Waals surface area contributed by atoms with E-state index in [1.54, 1.807) is 19.2 Å². The van der Waals surface area contributed by atoms with E-state index in [4.69, 9.17) is 9.47 Å². The number of hydrogen-bond acceptors (Lipinski definition) is 6. The Bertz CT molecular complexity index is 1100. The number of nitrogens with one attached hydrogen (secondary N) is 1. The zero-order chi connectivity index (χ0) is 24.0. The van der Waals surface area contributed by atoms with Crippen molar-refractivity contribution in [2.24, 2.45) is 0 Å². The van der Waals surface area contributed by atoms with Gasteiger partial charge in [-0.1, -0.05) is 23.9 Å². The van der Waals surface area contributed by atoms with Crippen molar-refractivity contribution in [1.29, 1.82) is 0 Å². The molecule has 3 aromatic rings. The Kier molecular flexibility index (Phi) is 7.85. The minimum absolute atomic E-state index is 0.0422. The quantitative estimate of drug-likeness (QED) is 0.425. The van der Waals surface area contributed by atoms with Gasteiger partial charge in [0.15, 0.2) is 17.1 Å². The van der Waals surface area contributed by atoms with Gasteiger partial charge in [-0.25, -0.2) is 0 Å². The molecule has 176 valence electrons. The summed E-state index contributed by atoms with van der Waals surface area (Å²) in [6.07, 6.45) is -4.90. The lowest BCUT2D eigenvalue weighted by Crippen LogP contribution is -2.16. The predicted molar refractivity (Wildman–Crippen MR) is 119 cm³/mol. The highest BCUT2D eigenvalue weighted by atomic mass is 32.2. The van der Waals surface area contributed by atoms with Gasteiger partial charge in [-0.15, -0.1) is 10.2 Å². The number of thioether (sulfide) groups is 1. The summed E-state index contributed by atoms with van der Waals surface area (Å²) in [6, 6.07) is 11.7. The fraction of sp³-hybridized carbons (Fsp3) is 0.318. The number of rotatable bonds is 9. The SMILES string of the molecule is CCn1c(SCC(=O)Nc2cccc(C(F)(F)F)c2)nnc1C(C)Oc1cccc(OC)c1. The molecule has 1 heterocycles. The van der Waals surface area contributed by atoms with Crippen LogP contribution in [-0.4, -0.2) is 33.5 Å². The van der Waals surface area contributed by atoms with Crippen LogP contribution < -0.4 is 14.8 Å². The molecule has 0 saturated heterocycles. The third kappa shape index (κ3) is 6.41. The molecule has 2 aromatic carbocycles. The van der Waals surface area contributed by atoms with Crippen molar-refractivity contribution in [1.82, 2.24) is 14.8 Å². The van der Waals surface area contributed by atoms with Crippen LogP contribution in [0.4, 0.5) is 18.9 Å². The Morgan fingerprint density at radius 1 is 1.15 bits per heavy atom. The molecule has 0 radical (unpaired) electrons. The predicted octanol–water partition coefficient (Wildman–Crippen LogP) is 5.20. The zero-order valence-electron chi connectivity index (χ0n) is 18.2. The third-order valence-electron chi connectivity index (χ3n) is 4.59. The number of halogens is 3. The van der Waals surface area contributed by atoms with Crippen molar-refractivity contribution in [2.45, 2.75) is 37.8 Å². The van der Waals surface area contributed by atoms with E-state index >= 15 is 0 Å². The molecule has 0 aliphatic heterocycles. The van der Waals surface area contributed by atoms with E-state index in [1.807, 2.05) is 30.5 Å². The number of benzene rings is 2. The fourth-order valence-corrected chi connectivity index (χ4v) is 3.85. The van der Waals surface area contributed by atoms with Gasteiger partial charge in [-0.05, 0) is 44.2 Å². The largest absolute Gasteiger partial charge is 0.497 e. The van der Waals surface area contributed by atoms with E-state index in [-0.39, 0.29) is 11.4 Å². The van der Waals surface area contributed by atoms with Crippen LogP contribution in [-0.2, 0) is 17.5 Å². The van der Waals surface area contributed by atoms with Gasteiger partial charge in [-0.2, -0.15) is 13.2 Å². The van der Waals surface area contributed by atoms with Crippen LogP contribution in [0.25, 0.3) is 0 Å². The standard InChI is InChI=1S/C22H23F3N4O3S/c1-4-29-20(14(2)32-18-10-6-9-17(12-18)31-3)27-28-21(29)33-13-19(30)26-16-8-5-7-15(11-16)22(23,24)25/h5-12,14H,4,13H2,1-3H3,(H,26,30). The van der Waals surface area contributed by atoms with Gasteiger partial charge in [0.1, 0.15) is 11.5 Å². The van der Waals surface area contributed by atoms with Crippen LogP contribution >= 0.6 is 11.8 Å². The van der Waals surface area contributed by atoms with Gasteiger partial charge >= 0.3 is 6.18 Å². The number of ether oxygens (including phenoxy) is 2. The van der Waals surface area contributed by atoms with E-state index < -0.39 is 23.8 Å². The molecule has 1 N–H and O–H groups in total. The van der Waals surface area contributed by atoms with Gasteiger partial charge in [0.25, 0.3) is 0 Å². The summed E-state index contributed by atoms with van der Waals surface area (Å²) in [7, 11) is 1.57. The molecule has 11 heteroatoms. The summed E-state index contributed by atoms with van der Waals surface area (Å²) in [4.78, 5) is 12.3. The van der Waals surface area contributed by atoms with Crippen molar-refractivity contribution in [3.63, 3.8) is 0 Å². The molecule has 0 aliphatic rings. The summed E-state index contributed by atoms with van der Waals surface area (Å²) in [5.74, 6) is 1.37. The first-order chi connectivity index (χ1) is 15.7. The summed E-state index contributed by atoms with van der Waals surface area (Å²) in [5.41, 5.74) is -0.748. The Hall–Kier alpha value is -3.21. The smallest absolute Gasteiger partial charge is 0.416 e. The molecule has 0 fully saturated rings. The Balaban J connectivity index is 1.63. The lowest BCUT2D eigenvalue weighted by atomic mass is 10.2.